The van der Waals surface area contributed by atoms with Crippen molar-refractivity contribution in [2.24, 2.45) is 5.41 Å². The van der Waals surface area contributed by atoms with Crippen molar-refractivity contribution in [2.75, 3.05) is 39.8 Å². The fourth-order valence-corrected chi connectivity index (χ4v) is 4.33. The number of piperidine rings is 2. The summed E-state index contributed by atoms with van der Waals surface area (Å²) in [6, 6.07) is 3.96. The van der Waals surface area contributed by atoms with E-state index >= 15 is 0 Å². The monoisotopic (exact) mass is 358 g/mol. The highest BCUT2D eigenvalue weighted by molar-refractivity contribution is 5.79. The zero-order valence-electron chi connectivity index (χ0n) is 16.0. The zero-order chi connectivity index (χ0) is 18.6. The first-order valence-corrected chi connectivity index (χ1v) is 9.64. The van der Waals surface area contributed by atoms with Crippen LogP contribution in [0.25, 0.3) is 0 Å². The predicted octanol–water partition coefficient (Wildman–Crippen LogP) is 1.76. The van der Waals surface area contributed by atoms with Gasteiger partial charge < -0.3 is 9.80 Å². The molecule has 1 aromatic heterocycles. The van der Waals surface area contributed by atoms with E-state index in [4.69, 9.17) is 0 Å². The SMILES string of the molecule is CCN1C[C@]2(CCCN(C(=O)CN(C)Cc3ccncc3)C2)CCC1=O. The second kappa shape index (κ2) is 8.16. The molecule has 0 aromatic carbocycles. The Labute approximate surface area is 156 Å². The fourth-order valence-electron chi connectivity index (χ4n) is 4.33. The van der Waals surface area contributed by atoms with E-state index in [1.54, 1.807) is 12.4 Å². The maximum atomic E-state index is 12.8. The zero-order valence-corrected chi connectivity index (χ0v) is 16.0. The van der Waals surface area contributed by atoms with Gasteiger partial charge >= 0.3 is 0 Å². The molecule has 1 atom stereocenters. The van der Waals surface area contributed by atoms with E-state index in [1.807, 2.05) is 35.9 Å². The van der Waals surface area contributed by atoms with Gasteiger partial charge in [0.1, 0.15) is 0 Å². The highest BCUT2D eigenvalue weighted by Gasteiger charge is 2.42. The molecular weight excluding hydrogens is 328 g/mol. The van der Waals surface area contributed by atoms with Gasteiger partial charge in [-0.2, -0.15) is 0 Å². The van der Waals surface area contributed by atoms with E-state index in [2.05, 4.69) is 9.88 Å². The average Bonchev–Trinajstić information content (AvgIpc) is 2.65. The summed E-state index contributed by atoms with van der Waals surface area (Å²) in [5.41, 5.74) is 1.26. The molecule has 2 fully saturated rings. The molecular formula is C20H30N4O2. The number of amides is 2. The van der Waals surface area contributed by atoms with Gasteiger partial charge in [-0.15, -0.1) is 0 Å². The van der Waals surface area contributed by atoms with Crippen molar-refractivity contribution in [3.63, 3.8) is 0 Å². The largest absolute Gasteiger partial charge is 0.342 e. The minimum atomic E-state index is 0.0987. The average molecular weight is 358 g/mol. The number of hydrogen-bond donors (Lipinski definition) is 0. The lowest BCUT2D eigenvalue weighted by molar-refractivity contribution is -0.143. The van der Waals surface area contributed by atoms with Crippen LogP contribution in [0.4, 0.5) is 0 Å². The Morgan fingerprint density at radius 2 is 2.04 bits per heavy atom. The van der Waals surface area contributed by atoms with E-state index in [0.29, 0.717) is 13.0 Å². The minimum Gasteiger partial charge on any atom is -0.342 e. The van der Waals surface area contributed by atoms with Crippen molar-refractivity contribution in [3.8, 4) is 0 Å². The van der Waals surface area contributed by atoms with E-state index in [9.17, 15) is 9.59 Å². The quantitative estimate of drug-likeness (QED) is 0.805. The molecule has 0 saturated carbocycles. The van der Waals surface area contributed by atoms with Gasteiger partial charge in [0.25, 0.3) is 0 Å². The van der Waals surface area contributed by atoms with Crippen LogP contribution in [0.15, 0.2) is 24.5 Å². The molecule has 3 rings (SSSR count). The van der Waals surface area contributed by atoms with Crippen molar-refractivity contribution in [1.29, 1.82) is 0 Å². The van der Waals surface area contributed by atoms with Gasteiger partial charge in [-0.05, 0) is 50.9 Å². The van der Waals surface area contributed by atoms with Crippen LogP contribution in [0, 0.1) is 5.41 Å². The summed E-state index contributed by atoms with van der Waals surface area (Å²) >= 11 is 0. The van der Waals surface area contributed by atoms with Crippen molar-refractivity contribution in [3.05, 3.63) is 30.1 Å². The molecule has 26 heavy (non-hydrogen) atoms. The minimum absolute atomic E-state index is 0.0987. The molecule has 2 aliphatic rings. The van der Waals surface area contributed by atoms with Crippen LogP contribution in [-0.2, 0) is 16.1 Å². The molecule has 6 heteroatoms. The summed E-state index contributed by atoms with van der Waals surface area (Å²) in [4.78, 5) is 34.9. The maximum absolute atomic E-state index is 12.8. The van der Waals surface area contributed by atoms with Crippen LogP contribution in [0.2, 0.25) is 0 Å². The normalized spacial score (nSPS) is 23.7. The van der Waals surface area contributed by atoms with Crippen LogP contribution >= 0.6 is 0 Å². The van der Waals surface area contributed by atoms with Gasteiger partial charge in [0.15, 0.2) is 0 Å². The van der Waals surface area contributed by atoms with Gasteiger partial charge in [-0.3, -0.25) is 19.5 Å². The molecule has 3 heterocycles. The highest BCUT2D eigenvalue weighted by Crippen LogP contribution is 2.38. The van der Waals surface area contributed by atoms with Gasteiger partial charge in [0.05, 0.1) is 6.54 Å². The second-order valence-corrected chi connectivity index (χ2v) is 7.85. The van der Waals surface area contributed by atoms with E-state index in [-0.39, 0.29) is 17.2 Å². The number of likely N-dealkylation sites (N-methyl/N-ethyl adjacent to an activating group) is 1. The van der Waals surface area contributed by atoms with Gasteiger partial charge in [0, 0.05) is 57.0 Å². The Hall–Kier alpha value is -1.95. The van der Waals surface area contributed by atoms with Crippen molar-refractivity contribution < 1.29 is 9.59 Å². The Balaban J connectivity index is 1.57. The molecule has 0 radical (unpaired) electrons. The molecule has 2 saturated heterocycles. The molecule has 1 aromatic rings. The molecule has 0 aliphatic carbocycles. The summed E-state index contributed by atoms with van der Waals surface area (Å²) in [5, 5.41) is 0. The lowest BCUT2D eigenvalue weighted by Crippen LogP contribution is -2.55. The summed E-state index contributed by atoms with van der Waals surface area (Å²) in [5.74, 6) is 0.458. The first kappa shape index (κ1) is 18.8. The molecule has 0 bridgehead atoms. The van der Waals surface area contributed by atoms with Crippen molar-refractivity contribution in [2.45, 2.75) is 39.2 Å². The van der Waals surface area contributed by atoms with Crippen LogP contribution in [0.5, 0.6) is 0 Å². The third-order valence-electron chi connectivity index (χ3n) is 5.75. The van der Waals surface area contributed by atoms with Crippen molar-refractivity contribution >= 4 is 11.8 Å². The molecule has 6 nitrogen and oxygen atoms in total. The molecule has 1 spiro atoms. The summed E-state index contributed by atoms with van der Waals surface area (Å²) < 4.78 is 0. The summed E-state index contributed by atoms with van der Waals surface area (Å²) in [6.07, 6.45) is 7.25. The van der Waals surface area contributed by atoms with E-state index in [0.717, 1.165) is 57.5 Å². The molecule has 0 unspecified atom stereocenters. The third-order valence-corrected chi connectivity index (χ3v) is 5.75. The van der Waals surface area contributed by atoms with Crippen molar-refractivity contribution in [1.82, 2.24) is 19.7 Å². The second-order valence-electron chi connectivity index (χ2n) is 7.85. The number of carbonyl (C=O) groups is 2. The van der Waals surface area contributed by atoms with Gasteiger partial charge in [0.2, 0.25) is 11.8 Å². The number of likely N-dealkylation sites (tertiary alicyclic amines) is 2. The molecule has 0 N–H and O–H groups in total. The number of pyridine rings is 1. The lowest BCUT2D eigenvalue weighted by Gasteiger charge is -2.48. The van der Waals surface area contributed by atoms with Crippen LogP contribution in [0.1, 0.15) is 38.2 Å². The van der Waals surface area contributed by atoms with E-state index < -0.39 is 0 Å². The number of hydrogen-bond acceptors (Lipinski definition) is 4. The Morgan fingerprint density at radius 3 is 2.77 bits per heavy atom. The lowest BCUT2D eigenvalue weighted by atomic mass is 9.73. The Bertz CT molecular complexity index is 636. The number of aromatic nitrogens is 1. The molecule has 2 aliphatic heterocycles. The first-order chi connectivity index (χ1) is 12.5. The molecule has 142 valence electrons. The van der Waals surface area contributed by atoms with Gasteiger partial charge in [-0.25, -0.2) is 0 Å². The number of nitrogens with zero attached hydrogens (tertiary/aromatic N) is 4. The van der Waals surface area contributed by atoms with Crippen LogP contribution in [0.3, 0.4) is 0 Å². The third kappa shape index (κ3) is 4.41. The smallest absolute Gasteiger partial charge is 0.236 e. The topological polar surface area (TPSA) is 56.8 Å². The highest BCUT2D eigenvalue weighted by atomic mass is 16.2. The van der Waals surface area contributed by atoms with Gasteiger partial charge in [-0.1, -0.05) is 0 Å². The summed E-state index contributed by atoms with van der Waals surface area (Å²) in [7, 11) is 1.98. The summed E-state index contributed by atoms with van der Waals surface area (Å²) in [6.45, 7) is 6.40. The molecule has 2 amide bonds. The van der Waals surface area contributed by atoms with E-state index in [1.165, 1.54) is 0 Å². The number of carbonyl (C=O) groups excluding carboxylic acids is 2. The van der Waals surface area contributed by atoms with Crippen LogP contribution in [-0.4, -0.2) is 71.3 Å². The standard InChI is InChI=1S/C20H30N4O2/c1-3-23-15-20(9-5-18(23)25)8-4-12-24(16-20)19(26)14-22(2)13-17-6-10-21-11-7-17/h6-7,10-11H,3-5,8-9,12-16H2,1-2H3/t20-/m0/s1. The Morgan fingerprint density at radius 1 is 1.27 bits per heavy atom. The fraction of sp³-hybridized carbons (Fsp3) is 0.650. The Kier molecular flexibility index (Phi) is 5.91. The predicted molar refractivity (Wildman–Crippen MR) is 100 cm³/mol. The van der Waals surface area contributed by atoms with Crippen LogP contribution < -0.4 is 0 Å². The maximum Gasteiger partial charge on any atom is 0.236 e. The first-order valence-electron chi connectivity index (χ1n) is 9.64. The number of rotatable bonds is 5.